The number of hydrogen-bond acceptors (Lipinski definition) is 6. The summed E-state index contributed by atoms with van der Waals surface area (Å²) in [6, 6.07) is 5.97. The van der Waals surface area contributed by atoms with Crippen molar-refractivity contribution in [3.63, 3.8) is 0 Å². The molecule has 5 heterocycles. The van der Waals surface area contributed by atoms with Gasteiger partial charge in [0.05, 0.1) is 36.0 Å². The number of hydrogen-bond donors (Lipinski definition) is 4. The number of aliphatic hydroxyl groups excluding tert-OH is 1. The summed E-state index contributed by atoms with van der Waals surface area (Å²) in [4.78, 5) is 41.9. The number of nitrogens with one attached hydrogen (secondary N) is 2. The predicted molar refractivity (Wildman–Crippen MR) is 172 cm³/mol. The molecular weight excluding hydrogens is 556 g/mol. The van der Waals surface area contributed by atoms with Crippen LogP contribution in [0.4, 0.5) is 0 Å². The Kier molecular flexibility index (Phi) is 7.01. The minimum absolute atomic E-state index is 0.378. The molecule has 0 amide bonds. The number of allylic oxidation sites excluding steroid dienone is 4. The Labute approximate surface area is 254 Å². The monoisotopic (exact) mass is 590 g/mol. The van der Waals surface area contributed by atoms with E-state index in [1.807, 2.05) is 39.0 Å². The number of rotatable bonds is 5. The lowest BCUT2D eigenvalue weighted by atomic mass is 9.94. The molecule has 1 aliphatic carbocycles. The number of carboxylic acids is 1. The smallest absolute Gasteiger partial charge is 0.328 e. The minimum Gasteiger partial charge on any atom is -0.478 e. The van der Waals surface area contributed by atoms with Crippen molar-refractivity contribution in [1.82, 2.24) is 19.9 Å². The van der Waals surface area contributed by atoms with E-state index in [4.69, 9.17) is 14.7 Å². The van der Waals surface area contributed by atoms with Crippen molar-refractivity contribution in [1.29, 1.82) is 0 Å². The molecule has 8 bridgehead atoms. The number of ether oxygens (including phenoxy) is 1. The third-order valence-corrected chi connectivity index (χ3v) is 9.06. The van der Waals surface area contributed by atoms with Crippen LogP contribution in [0, 0.1) is 13.8 Å². The number of aryl methyl sites for hydroxylation is 3. The van der Waals surface area contributed by atoms with E-state index in [0.29, 0.717) is 45.1 Å². The zero-order chi connectivity index (χ0) is 31.6. The van der Waals surface area contributed by atoms with Crippen molar-refractivity contribution in [3.8, 4) is 0 Å². The maximum absolute atomic E-state index is 13.2. The van der Waals surface area contributed by atoms with Crippen LogP contribution >= 0.6 is 0 Å². The molecule has 6 rings (SSSR count). The van der Waals surface area contributed by atoms with Gasteiger partial charge < -0.3 is 24.9 Å². The number of aromatic nitrogens is 4. The van der Waals surface area contributed by atoms with Crippen LogP contribution in [0.15, 0.2) is 36.9 Å². The standard InChI is InChI=1S/C35H34N4O5/c1-8-19-15(3)22-12-24-17(5)21(10-11-28(40)41)32(38-24)30-31(35(43)44-7)34(42)29-18(6)25(39-33(29)30)14-27-20(9-2)16(4)23(37-27)13-26(19)36-22/h8,10-14,31,34,36-37,42H,1,9H2,2-7H3,(H,40,41)/b11-10+,22-12?,23-13?,24-12?,25-14?,26-13?,27-14?,32-30?/t31-,34-/m1/s1. The van der Waals surface area contributed by atoms with Gasteiger partial charge in [-0.2, -0.15) is 0 Å². The molecule has 0 saturated carbocycles. The molecule has 0 saturated heterocycles. The van der Waals surface area contributed by atoms with E-state index in [0.717, 1.165) is 62.4 Å². The number of H-pyrrole nitrogens is 2. The summed E-state index contributed by atoms with van der Waals surface area (Å²) in [5.41, 5.74) is 12.8. The second-order valence-corrected chi connectivity index (χ2v) is 11.3. The molecule has 0 radical (unpaired) electrons. The fourth-order valence-electron chi connectivity index (χ4n) is 6.67. The Morgan fingerprint density at radius 3 is 2.25 bits per heavy atom. The second kappa shape index (κ2) is 10.6. The molecule has 3 aromatic rings. The van der Waals surface area contributed by atoms with Gasteiger partial charge in [0.15, 0.2) is 0 Å². The molecule has 2 atom stereocenters. The number of esters is 1. The van der Waals surface area contributed by atoms with Crippen LogP contribution in [0.5, 0.6) is 0 Å². The van der Waals surface area contributed by atoms with Crippen molar-refractivity contribution in [2.24, 2.45) is 0 Å². The van der Waals surface area contributed by atoms with Gasteiger partial charge in [0.25, 0.3) is 0 Å². The quantitative estimate of drug-likeness (QED) is 0.203. The Balaban J connectivity index is 1.87. The molecule has 3 aliphatic rings. The van der Waals surface area contributed by atoms with Crippen molar-refractivity contribution in [2.75, 3.05) is 7.11 Å². The van der Waals surface area contributed by atoms with Gasteiger partial charge in [-0.05, 0) is 86.2 Å². The van der Waals surface area contributed by atoms with E-state index >= 15 is 0 Å². The fourth-order valence-corrected chi connectivity index (χ4v) is 6.67. The summed E-state index contributed by atoms with van der Waals surface area (Å²) in [6.45, 7) is 14.0. The number of carbonyl (C=O) groups excluding carboxylic acids is 1. The first-order valence-corrected chi connectivity index (χ1v) is 14.5. The first-order chi connectivity index (χ1) is 21.0. The Hall–Kier alpha value is -5.02. The van der Waals surface area contributed by atoms with Gasteiger partial charge in [-0.25, -0.2) is 14.8 Å². The summed E-state index contributed by atoms with van der Waals surface area (Å²) >= 11 is 0. The fraction of sp³-hybridized carbons (Fsp3) is 0.257. The van der Waals surface area contributed by atoms with Crippen LogP contribution in [0.1, 0.15) is 77.3 Å². The number of fused-ring (bicyclic) bond motifs is 8. The average molecular weight is 591 g/mol. The van der Waals surface area contributed by atoms with Gasteiger partial charge in [0.2, 0.25) is 0 Å². The van der Waals surface area contributed by atoms with Gasteiger partial charge in [0.1, 0.15) is 5.92 Å². The molecular formula is C35H34N4O5. The van der Waals surface area contributed by atoms with E-state index in [2.05, 4.69) is 36.5 Å². The van der Waals surface area contributed by atoms with Crippen LogP contribution in [-0.4, -0.2) is 55.3 Å². The summed E-state index contributed by atoms with van der Waals surface area (Å²) in [6.07, 6.45) is 3.92. The maximum Gasteiger partial charge on any atom is 0.328 e. The number of carbonyl (C=O) groups is 2. The molecule has 9 heteroatoms. The predicted octanol–water partition coefficient (Wildman–Crippen LogP) is 6.27. The number of methoxy groups -OCH3 is 1. The van der Waals surface area contributed by atoms with Crippen molar-refractivity contribution >= 4 is 62.4 Å². The summed E-state index contributed by atoms with van der Waals surface area (Å²) in [5, 5.41) is 21.1. The molecule has 3 aromatic heterocycles. The Morgan fingerprint density at radius 2 is 1.59 bits per heavy atom. The molecule has 0 unspecified atom stereocenters. The molecule has 0 spiro atoms. The SMILES string of the molecule is C=Cc1c(C)c2cc3nc(c4c5nc(cc6[nH]c(cc1[nH]2)c(C)c6CC)C(C)=C5[C@@H](O)[C@@H]4C(=O)OC)C(/C=C/C(=O)O)=C3C. The van der Waals surface area contributed by atoms with Crippen LogP contribution < -0.4 is 0 Å². The molecule has 224 valence electrons. The number of aliphatic hydroxyl groups is 1. The number of aromatic amines is 2. The summed E-state index contributed by atoms with van der Waals surface area (Å²) in [5.74, 6) is -2.84. The highest BCUT2D eigenvalue weighted by atomic mass is 16.5. The molecule has 0 fully saturated rings. The minimum atomic E-state index is -1.22. The molecule has 4 N–H and O–H groups in total. The second-order valence-electron chi connectivity index (χ2n) is 11.3. The maximum atomic E-state index is 13.2. The van der Waals surface area contributed by atoms with Crippen LogP contribution in [0.3, 0.4) is 0 Å². The zero-order valence-corrected chi connectivity index (χ0v) is 25.5. The molecule has 2 aliphatic heterocycles. The van der Waals surface area contributed by atoms with Gasteiger partial charge in [-0.15, -0.1) is 0 Å². The van der Waals surface area contributed by atoms with Crippen molar-refractivity contribution in [2.45, 2.75) is 53.1 Å². The first-order valence-electron chi connectivity index (χ1n) is 14.5. The van der Waals surface area contributed by atoms with Gasteiger partial charge in [0, 0.05) is 50.4 Å². The molecule has 44 heavy (non-hydrogen) atoms. The Morgan fingerprint density at radius 1 is 0.955 bits per heavy atom. The normalized spacial score (nSPS) is 17.6. The van der Waals surface area contributed by atoms with Crippen LogP contribution in [-0.2, 0) is 20.7 Å². The largest absolute Gasteiger partial charge is 0.478 e. The third kappa shape index (κ3) is 4.26. The van der Waals surface area contributed by atoms with Crippen LogP contribution in [0.2, 0.25) is 0 Å². The molecule has 9 nitrogen and oxygen atoms in total. The lowest BCUT2D eigenvalue weighted by molar-refractivity contribution is -0.144. The number of aliphatic carboxylic acids is 1. The average Bonchev–Trinajstić information content (AvgIpc) is 3.72. The van der Waals surface area contributed by atoms with Gasteiger partial charge in [-0.3, -0.25) is 4.79 Å². The van der Waals surface area contributed by atoms with Gasteiger partial charge >= 0.3 is 11.9 Å². The highest BCUT2D eigenvalue weighted by Crippen LogP contribution is 2.50. The van der Waals surface area contributed by atoms with E-state index < -0.39 is 24.0 Å². The third-order valence-electron chi connectivity index (χ3n) is 9.06. The summed E-state index contributed by atoms with van der Waals surface area (Å²) in [7, 11) is 1.28. The zero-order valence-electron chi connectivity index (χ0n) is 25.5. The van der Waals surface area contributed by atoms with E-state index in [9.17, 15) is 19.8 Å². The number of nitrogens with zero attached hydrogens (tertiary/aromatic N) is 2. The van der Waals surface area contributed by atoms with E-state index in [1.165, 1.54) is 13.2 Å². The lowest BCUT2D eigenvalue weighted by Crippen LogP contribution is -2.24. The van der Waals surface area contributed by atoms with Crippen molar-refractivity contribution < 1.29 is 24.5 Å². The van der Waals surface area contributed by atoms with Crippen molar-refractivity contribution in [3.05, 3.63) is 87.5 Å². The van der Waals surface area contributed by atoms with E-state index in [-0.39, 0.29) is 0 Å². The first kappa shape index (κ1) is 29.1. The Bertz CT molecular complexity index is 2070. The highest BCUT2D eigenvalue weighted by Gasteiger charge is 2.47. The topological polar surface area (TPSA) is 141 Å². The highest BCUT2D eigenvalue weighted by molar-refractivity contribution is 6.06. The molecule has 0 aromatic carbocycles. The summed E-state index contributed by atoms with van der Waals surface area (Å²) < 4.78 is 5.15. The van der Waals surface area contributed by atoms with Crippen LogP contribution in [0.25, 0.3) is 50.4 Å². The van der Waals surface area contributed by atoms with Gasteiger partial charge in [-0.1, -0.05) is 19.6 Å². The van der Waals surface area contributed by atoms with E-state index in [1.54, 1.807) is 0 Å². The number of carboxylic acid groups (broad SMARTS) is 1. The lowest BCUT2D eigenvalue weighted by Gasteiger charge is -2.15.